The molecule has 0 spiro atoms. The summed E-state index contributed by atoms with van der Waals surface area (Å²) in [6.07, 6.45) is 9.41. The maximum absolute atomic E-state index is 13.8. The van der Waals surface area contributed by atoms with Gasteiger partial charge in [0.1, 0.15) is 23.7 Å². The number of fused-ring (bicyclic) bond motifs is 1. The first-order valence-electron chi connectivity index (χ1n) is 12.6. The van der Waals surface area contributed by atoms with E-state index >= 15 is 0 Å². The molecular weight excluding hydrogens is 470 g/mol. The normalized spacial score (nSPS) is 19.0. The molecule has 1 aliphatic heterocycles. The van der Waals surface area contributed by atoms with Crippen molar-refractivity contribution in [3.63, 3.8) is 0 Å². The van der Waals surface area contributed by atoms with Gasteiger partial charge < -0.3 is 25.1 Å². The molecule has 9 nitrogen and oxygen atoms in total. The van der Waals surface area contributed by atoms with Gasteiger partial charge in [-0.05, 0) is 38.3 Å². The molecule has 0 bridgehead atoms. The number of nitrogens with one attached hydrogen (secondary N) is 1. The van der Waals surface area contributed by atoms with Gasteiger partial charge >= 0.3 is 0 Å². The molecule has 3 atom stereocenters. The number of ether oxygens (including phenoxy) is 1. The Hall–Kier alpha value is -3.88. The number of rotatable bonds is 13. The number of carbonyl (C=O) groups excluding carboxylic acids is 2. The van der Waals surface area contributed by atoms with Crippen molar-refractivity contribution in [2.75, 3.05) is 18.9 Å². The second-order valence-electron chi connectivity index (χ2n) is 9.11. The molecule has 1 saturated heterocycles. The third kappa shape index (κ3) is 7.31. The molecule has 1 fully saturated rings. The number of nitrogens with zero attached hydrogens (tertiary/aromatic N) is 3. The fourth-order valence-electron chi connectivity index (χ4n) is 4.48. The number of hydrogen-bond donors (Lipinski definition) is 2. The lowest BCUT2D eigenvalue weighted by molar-refractivity contribution is -0.138. The molecule has 3 rings (SSSR count). The van der Waals surface area contributed by atoms with E-state index in [1.165, 1.54) is 4.90 Å². The molecular formula is C28H37N5O4. The molecule has 0 saturated carbocycles. The zero-order valence-electron chi connectivity index (χ0n) is 21.7. The predicted molar refractivity (Wildman–Crippen MR) is 146 cm³/mol. The summed E-state index contributed by atoms with van der Waals surface area (Å²) in [5.41, 5.74) is 7.83. The summed E-state index contributed by atoms with van der Waals surface area (Å²) in [7, 11) is 1.63. The molecule has 0 radical (unpaired) electrons. The number of aliphatic imine (C=N–C) groups is 1. The Morgan fingerprint density at radius 2 is 2.11 bits per heavy atom. The minimum absolute atomic E-state index is 0.217. The highest BCUT2D eigenvalue weighted by molar-refractivity contribution is 5.94. The Kier molecular flexibility index (Phi) is 10.1. The van der Waals surface area contributed by atoms with Gasteiger partial charge in [-0.2, -0.15) is 4.98 Å². The fraction of sp³-hybridized carbons (Fsp3) is 0.429. The standard InChI is InChI=1S/C28H37N5O4/c1-5-7-8-9-10-15-22(32-28-31-21-14-11-12-16-24(21)37-28)27(35)33-18-20(17-23(33)25(29)34)36-26(30-4)19(3)13-6-2/h5-6,11-14,16,20,22-23H,1-2,7-10,15,17-18H2,3-4H3,(H2,29,34)(H,31,32)/b19-13+,30-26?/t20-,22+,23+/m1/s1. The molecule has 0 aliphatic carbocycles. The number of primary amides is 1. The van der Waals surface area contributed by atoms with Crippen LogP contribution < -0.4 is 11.1 Å². The molecule has 37 heavy (non-hydrogen) atoms. The monoisotopic (exact) mass is 507 g/mol. The molecule has 2 aromatic rings. The molecule has 9 heteroatoms. The molecule has 2 heterocycles. The molecule has 0 unspecified atom stereocenters. The van der Waals surface area contributed by atoms with Gasteiger partial charge in [0.2, 0.25) is 17.7 Å². The number of anilines is 1. The van der Waals surface area contributed by atoms with Crippen LogP contribution in [0.4, 0.5) is 6.01 Å². The van der Waals surface area contributed by atoms with Crippen LogP contribution in [0.3, 0.4) is 0 Å². The average Bonchev–Trinajstić information content (AvgIpc) is 3.50. The highest BCUT2D eigenvalue weighted by Crippen LogP contribution is 2.26. The largest absolute Gasteiger partial charge is 0.472 e. The number of amides is 2. The topological polar surface area (TPSA) is 123 Å². The van der Waals surface area contributed by atoms with Gasteiger partial charge in [0.15, 0.2) is 5.58 Å². The highest BCUT2D eigenvalue weighted by atomic mass is 16.5. The number of benzene rings is 1. The van der Waals surface area contributed by atoms with Crippen LogP contribution in [0.15, 0.2) is 70.6 Å². The van der Waals surface area contributed by atoms with Crippen molar-refractivity contribution >= 4 is 34.8 Å². The number of likely N-dealkylation sites (tertiary alicyclic amines) is 1. The quantitative estimate of drug-likeness (QED) is 0.136. The van der Waals surface area contributed by atoms with Crippen LogP contribution in [0.2, 0.25) is 0 Å². The first kappa shape index (κ1) is 27.7. The Balaban J connectivity index is 1.78. The maximum Gasteiger partial charge on any atom is 0.296 e. The van der Waals surface area contributed by atoms with E-state index in [0.29, 0.717) is 23.4 Å². The van der Waals surface area contributed by atoms with Gasteiger partial charge in [0.25, 0.3) is 6.01 Å². The number of para-hydroxylation sites is 2. The third-order valence-electron chi connectivity index (χ3n) is 6.35. The summed E-state index contributed by atoms with van der Waals surface area (Å²) in [5.74, 6) is -0.376. The molecule has 2 amide bonds. The Morgan fingerprint density at radius 1 is 1.32 bits per heavy atom. The van der Waals surface area contributed by atoms with E-state index in [1.807, 2.05) is 37.3 Å². The average molecular weight is 508 g/mol. The van der Waals surface area contributed by atoms with Crippen molar-refractivity contribution in [3.8, 4) is 0 Å². The number of hydrogen-bond acceptors (Lipinski definition) is 7. The van der Waals surface area contributed by atoms with E-state index in [-0.39, 0.29) is 24.9 Å². The number of nitrogens with two attached hydrogens (primary N) is 1. The van der Waals surface area contributed by atoms with Crippen molar-refractivity contribution in [1.82, 2.24) is 9.88 Å². The lowest BCUT2D eigenvalue weighted by atomic mass is 10.1. The van der Waals surface area contributed by atoms with E-state index in [1.54, 1.807) is 19.2 Å². The summed E-state index contributed by atoms with van der Waals surface area (Å²) in [4.78, 5) is 36.3. The second kappa shape index (κ2) is 13.4. The number of aromatic nitrogens is 1. The first-order chi connectivity index (χ1) is 17.9. The van der Waals surface area contributed by atoms with E-state index in [4.69, 9.17) is 14.9 Å². The van der Waals surface area contributed by atoms with Crippen LogP contribution in [0.1, 0.15) is 45.4 Å². The zero-order chi connectivity index (χ0) is 26.8. The summed E-state index contributed by atoms with van der Waals surface area (Å²) in [5, 5.41) is 3.17. The Bertz CT molecular complexity index is 1140. The van der Waals surface area contributed by atoms with Crippen molar-refractivity contribution in [1.29, 1.82) is 0 Å². The van der Waals surface area contributed by atoms with Gasteiger partial charge in [-0.3, -0.25) is 14.6 Å². The minimum atomic E-state index is -0.784. The minimum Gasteiger partial charge on any atom is -0.472 e. The van der Waals surface area contributed by atoms with Crippen molar-refractivity contribution in [3.05, 3.63) is 61.2 Å². The molecule has 1 aliphatic rings. The van der Waals surface area contributed by atoms with E-state index in [0.717, 1.165) is 31.3 Å². The molecule has 1 aromatic heterocycles. The smallest absolute Gasteiger partial charge is 0.296 e. The van der Waals surface area contributed by atoms with E-state index in [9.17, 15) is 9.59 Å². The van der Waals surface area contributed by atoms with Gasteiger partial charge in [0, 0.05) is 19.0 Å². The summed E-state index contributed by atoms with van der Waals surface area (Å²) >= 11 is 0. The van der Waals surface area contributed by atoms with Crippen LogP contribution in [-0.4, -0.2) is 59.4 Å². The maximum atomic E-state index is 13.8. The van der Waals surface area contributed by atoms with Crippen molar-refractivity contribution in [2.45, 2.75) is 63.6 Å². The highest BCUT2D eigenvalue weighted by Gasteiger charge is 2.42. The molecule has 198 valence electrons. The van der Waals surface area contributed by atoms with Crippen LogP contribution in [0, 0.1) is 0 Å². The van der Waals surface area contributed by atoms with Crippen molar-refractivity contribution < 1.29 is 18.7 Å². The van der Waals surface area contributed by atoms with Crippen LogP contribution in [0.25, 0.3) is 11.1 Å². The lowest BCUT2D eigenvalue weighted by Crippen LogP contribution is -2.49. The predicted octanol–water partition coefficient (Wildman–Crippen LogP) is 4.38. The third-order valence-corrected chi connectivity index (χ3v) is 6.35. The number of allylic oxidation sites excluding steroid dienone is 3. The number of oxazole rings is 1. The lowest BCUT2D eigenvalue weighted by Gasteiger charge is -2.27. The molecule has 1 aromatic carbocycles. The van der Waals surface area contributed by atoms with E-state index < -0.39 is 24.1 Å². The number of carbonyl (C=O) groups is 2. The Labute approximate surface area is 218 Å². The summed E-state index contributed by atoms with van der Waals surface area (Å²) in [6, 6.07) is 6.24. The van der Waals surface area contributed by atoms with Crippen LogP contribution >= 0.6 is 0 Å². The van der Waals surface area contributed by atoms with E-state index in [2.05, 4.69) is 28.5 Å². The second-order valence-corrected chi connectivity index (χ2v) is 9.11. The van der Waals surface area contributed by atoms with Gasteiger partial charge in [-0.15, -0.1) is 6.58 Å². The summed E-state index contributed by atoms with van der Waals surface area (Å²) in [6.45, 7) is 9.54. The van der Waals surface area contributed by atoms with Crippen LogP contribution in [-0.2, 0) is 14.3 Å². The fourth-order valence-corrected chi connectivity index (χ4v) is 4.48. The van der Waals surface area contributed by atoms with Gasteiger partial charge in [-0.25, -0.2) is 0 Å². The van der Waals surface area contributed by atoms with Crippen molar-refractivity contribution in [2.24, 2.45) is 10.7 Å². The first-order valence-corrected chi connectivity index (χ1v) is 12.6. The Morgan fingerprint density at radius 3 is 2.78 bits per heavy atom. The van der Waals surface area contributed by atoms with Crippen LogP contribution in [0.5, 0.6) is 0 Å². The number of unbranched alkanes of at least 4 members (excludes halogenated alkanes) is 3. The SMILES string of the molecule is C=C/C=C(\C)C(=NC)O[C@@H]1C[C@@H](C(N)=O)N(C(=O)[C@H](CCCCCC=C)Nc2nc3ccccc3o2)C1. The van der Waals surface area contributed by atoms with Gasteiger partial charge in [0.05, 0.1) is 6.54 Å². The zero-order valence-corrected chi connectivity index (χ0v) is 21.7. The molecule has 3 N–H and O–H groups in total. The van der Waals surface area contributed by atoms with Gasteiger partial charge in [-0.1, -0.05) is 49.8 Å². The summed E-state index contributed by atoms with van der Waals surface area (Å²) < 4.78 is 11.9.